The van der Waals surface area contributed by atoms with E-state index in [9.17, 15) is 5.26 Å². The van der Waals surface area contributed by atoms with Gasteiger partial charge in [-0.2, -0.15) is 5.26 Å². The van der Waals surface area contributed by atoms with Gasteiger partial charge in [-0.05, 0) is 88.4 Å². The third kappa shape index (κ3) is 3.37. The molecule has 4 nitrogen and oxygen atoms in total. The van der Waals surface area contributed by atoms with Crippen LogP contribution in [0.15, 0.2) is 84.9 Å². The van der Waals surface area contributed by atoms with Gasteiger partial charge in [-0.15, -0.1) is 0 Å². The average Bonchev–Trinajstić information content (AvgIpc) is 3.43. The van der Waals surface area contributed by atoms with E-state index in [1.54, 1.807) is 0 Å². The molecule has 4 heteroatoms. The molecule has 0 spiro atoms. The smallest absolute Gasteiger partial charge is 0.214 e. The van der Waals surface area contributed by atoms with Gasteiger partial charge in [-0.1, -0.05) is 46.5 Å². The minimum atomic E-state index is 0.447. The highest BCUT2D eigenvalue weighted by molar-refractivity contribution is 6.11. The normalized spacial score (nSPS) is 11.4. The lowest BCUT2D eigenvalue weighted by Crippen LogP contribution is -2.02. The summed E-state index contributed by atoms with van der Waals surface area (Å²) in [6, 6.07) is 32.0. The summed E-state index contributed by atoms with van der Waals surface area (Å²) in [4.78, 5) is 4.01. The fourth-order valence-electron chi connectivity index (χ4n) is 6.16. The zero-order chi connectivity index (χ0) is 27.7. The van der Waals surface area contributed by atoms with Crippen LogP contribution in [0, 0.1) is 45.6 Å². The molecule has 0 saturated heterocycles. The molecule has 40 heavy (non-hydrogen) atoms. The first-order valence-electron chi connectivity index (χ1n) is 13.4. The molecule has 7 rings (SSSR count). The molecule has 0 fully saturated rings. The fourth-order valence-corrected chi connectivity index (χ4v) is 6.16. The van der Waals surface area contributed by atoms with Crippen molar-refractivity contribution < 1.29 is 0 Å². The zero-order valence-corrected chi connectivity index (χ0v) is 22.9. The van der Waals surface area contributed by atoms with E-state index < -0.39 is 0 Å². The lowest BCUT2D eigenvalue weighted by molar-refractivity contribution is 1.14. The molecular formula is C36H26N4. The van der Waals surface area contributed by atoms with Crippen LogP contribution in [-0.4, -0.2) is 9.13 Å². The zero-order valence-electron chi connectivity index (χ0n) is 22.9. The Morgan fingerprint density at radius 2 is 0.975 bits per heavy atom. The van der Waals surface area contributed by atoms with Gasteiger partial charge in [0.05, 0.1) is 39.9 Å². The standard InChI is InChI=1S/C36H26N4/c1-21-6-10-32-27(14-21)28-15-22(2)7-11-33(28)39(32)26-18-25(20-37)36(31(19-26)38-5)40-34-12-8-23(3)16-29(34)30-17-24(4)9-13-35(30)40/h6-19H,1-4H3. The van der Waals surface area contributed by atoms with E-state index in [2.05, 4.69) is 121 Å². The van der Waals surface area contributed by atoms with Gasteiger partial charge in [0.15, 0.2) is 0 Å². The number of nitrogens with zero attached hydrogens (tertiary/aromatic N) is 4. The number of nitriles is 1. The Kier molecular flexibility index (Phi) is 5.11. The number of hydrogen-bond acceptors (Lipinski definition) is 1. The summed E-state index contributed by atoms with van der Waals surface area (Å²) < 4.78 is 4.28. The summed E-state index contributed by atoms with van der Waals surface area (Å²) in [7, 11) is 0. The Labute approximate surface area is 232 Å². The van der Waals surface area contributed by atoms with E-state index >= 15 is 0 Å². The maximum atomic E-state index is 10.5. The Morgan fingerprint density at radius 3 is 1.35 bits per heavy atom. The van der Waals surface area contributed by atoms with Crippen molar-refractivity contribution in [1.82, 2.24) is 9.13 Å². The summed E-state index contributed by atoms with van der Waals surface area (Å²) >= 11 is 0. The molecule has 190 valence electrons. The summed E-state index contributed by atoms with van der Waals surface area (Å²) in [5, 5.41) is 15.1. The Balaban J connectivity index is 1.59. The van der Waals surface area contributed by atoms with Crippen LogP contribution in [0.1, 0.15) is 27.8 Å². The highest BCUT2D eigenvalue weighted by Crippen LogP contribution is 2.41. The molecule has 0 amide bonds. The highest BCUT2D eigenvalue weighted by atomic mass is 15.0. The highest BCUT2D eigenvalue weighted by Gasteiger charge is 2.21. The Hall–Kier alpha value is -5.32. The van der Waals surface area contributed by atoms with E-state index in [0.717, 1.165) is 38.5 Å². The van der Waals surface area contributed by atoms with Crippen LogP contribution in [0.4, 0.5) is 5.69 Å². The van der Waals surface area contributed by atoms with Crippen molar-refractivity contribution in [2.24, 2.45) is 0 Å². The molecule has 0 radical (unpaired) electrons. The largest absolute Gasteiger partial charge is 0.318 e. The molecule has 0 N–H and O–H groups in total. The van der Waals surface area contributed by atoms with Crippen molar-refractivity contribution in [3.8, 4) is 17.4 Å². The quantitative estimate of drug-likeness (QED) is 0.212. The molecular weight excluding hydrogens is 488 g/mol. The van der Waals surface area contributed by atoms with Gasteiger partial charge in [0.1, 0.15) is 6.07 Å². The number of hydrogen-bond donors (Lipinski definition) is 0. The summed E-state index contributed by atoms with van der Waals surface area (Å²) in [5.41, 5.74) is 11.2. The third-order valence-electron chi connectivity index (χ3n) is 7.95. The summed E-state index contributed by atoms with van der Waals surface area (Å²) in [5.74, 6) is 0. The van der Waals surface area contributed by atoms with E-state index in [-0.39, 0.29) is 0 Å². The molecule has 7 aromatic rings. The van der Waals surface area contributed by atoms with Gasteiger partial charge in [0, 0.05) is 27.2 Å². The van der Waals surface area contributed by atoms with Crippen LogP contribution >= 0.6 is 0 Å². The molecule has 0 atom stereocenters. The van der Waals surface area contributed by atoms with Crippen molar-refractivity contribution >= 4 is 49.3 Å². The molecule has 0 aliphatic carbocycles. The first-order valence-corrected chi connectivity index (χ1v) is 13.4. The van der Waals surface area contributed by atoms with Crippen LogP contribution in [0.3, 0.4) is 0 Å². The molecule has 2 aromatic heterocycles. The number of fused-ring (bicyclic) bond motifs is 6. The SMILES string of the molecule is [C-]#[N+]c1cc(-n2c3ccc(C)cc3c3cc(C)ccc32)cc(C#N)c1-n1c2ccc(C)cc2c2cc(C)ccc21. The Bertz CT molecular complexity index is 2130. The number of aryl methyl sites for hydroxylation is 4. The maximum Gasteiger partial charge on any atom is 0.214 e. The second kappa shape index (κ2) is 8.60. The second-order valence-corrected chi connectivity index (χ2v) is 10.8. The predicted molar refractivity (Wildman–Crippen MR) is 165 cm³/mol. The van der Waals surface area contributed by atoms with Crippen LogP contribution in [0.25, 0.3) is 59.8 Å². The van der Waals surface area contributed by atoms with Gasteiger partial charge in [0.2, 0.25) is 5.69 Å². The van der Waals surface area contributed by atoms with Crippen LogP contribution < -0.4 is 0 Å². The lowest BCUT2D eigenvalue weighted by Gasteiger charge is -2.16. The van der Waals surface area contributed by atoms with Gasteiger partial charge in [-0.3, -0.25) is 0 Å². The maximum absolute atomic E-state index is 10.5. The second-order valence-electron chi connectivity index (χ2n) is 10.8. The molecule has 0 aliphatic heterocycles. The topological polar surface area (TPSA) is 38.0 Å². The van der Waals surface area contributed by atoms with E-state index in [4.69, 9.17) is 6.57 Å². The molecule has 0 unspecified atom stereocenters. The van der Waals surface area contributed by atoms with Crippen LogP contribution in [0.2, 0.25) is 0 Å². The van der Waals surface area contributed by atoms with Crippen molar-refractivity contribution in [1.29, 1.82) is 5.26 Å². The van der Waals surface area contributed by atoms with Crippen molar-refractivity contribution in [2.45, 2.75) is 27.7 Å². The van der Waals surface area contributed by atoms with Crippen molar-refractivity contribution in [2.75, 3.05) is 0 Å². The minimum Gasteiger partial charge on any atom is -0.318 e. The molecule has 0 saturated carbocycles. The monoisotopic (exact) mass is 514 g/mol. The summed E-state index contributed by atoms with van der Waals surface area (Å²) in [6.07, 6.45) is 0. The molecule has 0 aliphatic rings. The lowest BCUT2D eigenvalue weighted by atomic mass is 10.1. The van der Waals surface area contributed by atoms with Gasteiger partial charge in [0.25, 0.3) is 0 Å². The summed E-state index contributed by atoms with van der Waals surface area (Å²) in [6.45, 7) is 16.6. The predicted octanol–water partition coefficient (Wildman–Crippen LogP) is 9.54. The number of benzene rings is 5. The third-order valence-corrected chi connectivity index (χ3v) is 7.95. The van der Waals surface area contributed by atoms with Crippen LogP contribution in [-0.2, 0) is 0 Å². The van der Waals surface area contributed by atoms with Crippen LogP contribution in [0.5, 0.6) is 0 Å². The number of aromatic nitrogens is 2. The van der Waals surface area contributed by atoms with E-state index in [1.165, 1.54) is 33.0 Å². The van der Waals surface area contributed by atoms with Gasteiger partial charge in [-0.25, -0.2) is 4.85 Å². The first-order chi connectivity index (χ1) is 19.4. The Morgan fingerprint density at radius 1 is 0.575 bits per heavy atom. The molecule has 5 aromatic carbocycles. The average molecular weight is 515 g/mol. The van der Waals surface area contributed by atoms with E-state index in [0.29, 0.717) is 16.9 Å². The fraction of sp³-hybridized carbons (Fsp3) is 0.111. The van der Waals surface area contributed by atoms with E-state index in [1.807, 2.05) is 12.1 Å². The minimum absolute atomic E-state index is 0.447. The molecule has 2 heterocycles. The number of rotatable bonds is 2. The molecule has 0 bridgehead atoms. The van der Waals surface area contributed by atoms with Crippen molar-refractivity contribution in [3.05, 3.63) is 124 Å². The first kappa shape index (κ1) is 23.8. The van der Waals surface area contributed by atoms with Gasteiger partial charge < -0.3 is 9.13 Å². The van der Waals surface area contributed by atoms with Crippen molar-refractivity contribution in [3.63, 3.8) is 0 Å². The van der Waals surface area contributed by atoms with Gasteiger partial charge >= 0.3 is 0 Å².